The molecule has 2 aromatic carbocycles. The van der Waals surface area contributed by atoms with Gasteiger partial charge in [-0.05, 0) is 17.7 Å². The second-order valence-electron chi connectivity index (χ2n) is 3.86. The van der Waals surface area contributed by atoms with Crippen LogP contribution < -0.4 is 4.74 Å². The third-order valence-corrected chi connectivity index (χ3v) is 2.58. The molecular formula is C15H12N2O2. The van der Waals surface area contributed by atoms with Crippen LogP contribution in [-0.4, -0.2) is 10.9 Å². The van der Waals surface area contributed by atoms with Gasteiger partial charge in [0.1, 0.15) is 18.4 Å². The van der Waals surface area contributed by atoms with Crippen molar-refractivity contribution in [3.8, 4) is 11.8 Å². The van der Waals surface area contributed by atoms with E-state index < -0.39 is 0 Å². The van der Waals surface area contributed by atoms with E-state index in [2.05, 4.69) is 5.16 Å². The molecule has 4 nitrogen and oxygen atoms in total. The van der Waals surface area contributed by atoms with Crippen molar-refractivity contribution in [1.82, 2.24) is 0 Å². The van der Waals surface area contributed by atoms with Crippen molar-refractivity contribution in [2.45, 2.75) is 6.61 Å². The van der Waals surface area contributed by atoms with Crippen LogP contribution >= 0.6 is 0 Å². The molecule has 0 unspecified atom stereocenters. The largest absolute Gasteiger partial charge is 0.489 e. The number of para-hydroxylation sites is 1. The van der Waals surface area contributed by atoms with Crippen LogP contribution in [0.25, 0.3) is 0 Å². The fraction of sp³-hybridized carbons (Fsp3) is 0.0667. The van der Waals surface area contributed by atoms with Crippen molar-refractivity contribution in [3.63, 3.8) is 0 Å². The zero-order chi connectivity index (χ0) is 13.5. The Balaban J connectivity index is 2.02. The highest BCUT2D eigenvalue weighted by Gasteiger charge is 2.03. The van der Waals surface area contributed by atoms with Crippen LogP contribution in [-0.2, 0) is 6.61 Å². The lowest BCUT2D eigenvalue weighted by Gasteiger charge is -2.06. The minimum absolute atomic E-state index is 0.00414. The van der Waals surface area contributed by atoms with Gasteiger partial charge >= 0.3 is 0 Å². The Morgan fingerprint density at radius 3 is 2.37 bits per heavy atom. The number of ether oxygens (including phenoxy) is 1. The van der Waals surface area contributed by atoms with Crippen LogP contribution in [0, 0.1) is 11.3 Å². The third-order valence-electron chi connectivity index (χ3n) is 2.58. The molecule has 1 N–H and O–H groups in total. The van der Waals surface area contributed by atoms with Crippen molar-refractivity contribution in [2.24, 2.45) is 5.16 Å². The molecule has 0 radical (unpaired) electrons. The molecule has 94 valence electrons. The first-order valence-corrected chi connectivity index (χ1v) is 5.73. The lowest BCUT2D eigenvalue weighted by atomic mass is 10.1. The number of hydrogen-bond donors (Lipinski definition) is 1. The van der Waals surface area contributed by atoms with Gasteiger partial charge in [0.15, 0.2) is 5.71 Å². The Morgan fingerprint density at radius 2 is 1.79 bits per heavy atom. The molecule has 2 rings (SSSR count). The second kappa shape index (κ2) is 6.22. The number of hydrogen-bond acceptors (Lipinski definition) is 4. The lowest BCUT2D eigenvalue weighted by Crippen LogP contribution is -1.99. The van der Waals surface area contributed by atoms with E-state index in [4.69, 9.17) is 15.2 Å². The maximum absolute atomic E-state index is 8.74. The summed E-state index contributed by atoms with van der Waals surface area (Å²) < 4.78 is 5.60. The van der Waals surface area contributed by atoms with Gasteiger partial charge in [0.2, 0.25) is 0 Å². The van der Waals surface area contributed by atoms with Gasteiger partial charge in [-0.2, -0.15) is 5.26 Å². The Labute approximate surface area is 111 Å². The molecule has 4 heteroatoms. The quantitative estimate of drug-likeness (QED) is 0.517. The Kier molecular flexibility index (Phi) is 4.14. The van der Waals surface area contributed by atoms with Gasteiger partial charge in [0, 0.05) is 5.56 Å². The van der Waals surface area contributed by atoms with Gasteiger partial charge in [0.05, 0.1) is 0 Å². The lowest BCUT2D eigenvalue weighted by molar-refractivity contribution is 0.306. The molecule has 2 aromatic rings. The van der Waals surface area contributed by atoms with E-state index in [-0.39, 0.29) is 5.71 Å². The standard InChI is InChI=1S/C15H12N2O2/c16-10-15(17-18)13-8-6-12(7-9-13)11-19-14-4-2-1-3-5-14/h1-9,18H,11H2/b17-15-. The molecular weight excluding hydrogens is 240 g/mol. The summed E-state index contributed by atoms with van der Waals surface area (Å²) in [6.07, 6.45) is 0. The van der Waals surface area contributed by atoms with Crippen LogP contribution in [0.2, 0.25) is 0 Å². The topological polar surface area (TPSA) is 65.6 Å². The number of oxime groups is 1. The van der Waals surface area contributed by atoms with Crippen molar-refractivity contribution in [1.29, 1.82) is 5.26 Å². The first-order valence-electron chi connectivity index (χ1n) is 5.73. The van der Waals surface area contributed by atoms with Crippen LogP contribution in [0.1, 0.15) is 11.1 Å². The summed E-state index contributed by atoms with van der Waals surface area (Å²) in [6, 6.07) is 18.5. The van der Waals surface area contributed by atoms with Gasteiger partial charge in [0.25, 0.3) is 0 Å². The molecule has 0 saturated heterocycles. The molecule has 19 heavy (non-hydrogen) atoms. The summed E-state index contributed by atoms with van der Waals surface area (Å²) in [6.45, 7) is 0.447. The van der Waals surface area contributed by atoms with Gasteiger partial charge < -0.3 is 9.94 Å². The molecule has 0 fully saturated rings. The molecule has 0 aliphatic rings. The summed E-state index contributed by atoms with van der Waals surface area (Å²) in [4.78, 5) is 0. The smallest absolute Gasteiger partial charge is 0.186 e. The number of nitrogens with zero attached hydrogens (tertiary/aromatic N) is 2. The van der Waals surface area contributed by atoms with E-state index in [1.807, 2.05) is 48.5 Å². The summed E-state index contributed by atoms with van der Waals surface area (Å²) in [7, 11) is 0. The van der Waals surface area contributed by atoms with E-state index in [0.717, 1.165) is 11.3 Å². The van der Waals surface area contributed by atoms with Crippen molar-refractivity contribution < 1.29 is 9.94 Å². The average Bonchev–Trinajstić information content (AvgIpc) is 2.49. The monoisotopic (exact) mass is 252 g/mol. The summed E-state index contributed by atoms with van der Waals surface area (Å²) in [5, 5.41) is 20.3. The van der Waals surface area contributed by atoms with Gasteiger partial charge in [-0.3, -0.25) is 0 Å². The van der Waals surface area contributed by atoms with Crippen LogP contribution in [0.4, 0.5) is 0 Å². The molecule has 0 heterocycles. The highest BCUT2D eigenvalue weighted by molar-refractivity contribution is 6.11. The summed E-state index contributed by atoms with van der Waals surface area (Å²) in [5.74, 6) is 0.807. The fourth-order valence-corrected chi connectivity index (χ4v) is 1.59. The Bertz CT molecular complexity index is 598. The first-order chi connectivity index (χ1) is 9.33. The number of rotatable bonds is 4. The highest BCUT2D eigenvalue weighted by atomic mass is 16.5. The maximum atomic E-state index is 8.74. The zero-order valence-electron chi connectivity index (χ0n) is 10.2. The first kappa shape index (κ1) is 12.7. The average molecular weight is 252 g/mol. The van der Waals surface area contributed by atoms with Crippen LogP contribution in [0.5, 0.6) is 5.75 Å². The molecule has 0 aliphatic heterocycles. The van der Waals surface area contributed by atoms with Crippen molar-refractivity contribution in [3.05, 3.63) is 65.7 Å². The normalized spacial score (nSPS) is 10.8. The molecule has 0 saturated carbocycles. The Hall–Kier alpha value is -2.80. The maximum Gasteiger partial charge on any atom is 0.186 e. The number of benzene rings is 2. The van der Waals surface area contributed by atoms with E-state index in [9.17, 15) is 0 Å². The van der Waals surface area contributed by atoms with Crippen molar-refractivity contribution in [2.75, 3.05) is 0 Å². The zero-order valence-corrected chi connectivity index (χ0v) is 10.2. The molecule has 0 spiro atoms. The predicted octanol–water partition coefficient (Wildman–Crippen LogP) is 2.97. The molecule has 0 atom stereocenters. The van der Waals surface area contributed by atoms with E-state index in [1.54, 1.807) is 12.1 Å². The molecule has 0 aliphatic carbocycles. The third kappa shape index (κ3) is 3.33. The summed E-state index contributed by atoms with van der Waals surface area (Å²) >= 11 is 0. The van der Waals surface area contributed by atoms with Gasteiger partial charge in [-0.1, -0.05) is 47.6 Å². The predicted molar refractivity (Wildman–Crippen MR) is 71.2 cm³/mol. The van der Waals surface area contributed by atoms with Gasteiger partial charge in [-0.25, -0.2) is 0 Å². The molecule has 0 aromatic heterocycles. The fourth-order valence-electron chi connectivity index (χ4n) is 1.59. The second-order valence-corrected chi connectivity index (χ2v) is 3.86. The van der Waals surface area contributed by atoms with E-state index in [1.165, 1.54) is 0 Å². The van der Waals surface area contributed by atoms with Gasteiger partial charge in [-0.15, -0.1) is 0 Å². The van der Waals surface area contributed by atoms with Crippen LogP contribution in [0.15, 0.2) is 59.8 Å². The number of nitriles is 1. The Morgan fingerprint density at radius 1 is 1.11 bits per heavy atom. The summed E-state index contributed by atoms with van der Waals surface area (Å²) in [5.41, 5.74) is 1.55. The van der Waals surface area contributed by atoms with E-state index >= 15 is 0 Å². The molecule has 0 amide bonds. The highest BCUT2D eigenvalue weighted by Crippen LogP contribution is 2.12. The minimum Gasteiger partial charge on any atom is -0.489 e. The SMILES string of the molecule is N#C/C(=N/O)c1ccc(COc2ccccc2)cc1. The van der Waals surface area contributed by atoms with E-state index in [0.29, 0.717) is 12.2 Å². The van der Waals surface area contributed by atoms with Crippen molar-refractivity contribution >= 4 is 5.71 Å². The minimum atomic E-state index is -0.00414. The molecule has 0 bridgehead atoms. The van der Waals surface area contributed by atoms with Crippen LogP contribution in [0.3, 0.4) is 0 Å².